The molecule has 1 saturated heterocycles. The number of halogens is 1. The van der Waals surface area contributed by atoms with Crippen molar-refractivity contribution in [3.05, 3.63) is 16.2 Å². The number of aryl methyl sites for hydroxylation is 1. The van der Waals surface area contributed by atoms with Gasteiger partial charge < -0.3 is 4.90 Å². The molecule has 1 aliphatic heterocycles. The predicted molar refractivity (Wildman–Crippen MR) is 77.3 cm³/mol. The van der Waals surface area contributed by atoms with Crippen molar-refractivity contribution in [2.24, 2.45) is 0 Å². The van der Waals surface area contributed by atoms with Gasteiger partial charge in [0.15, 0.2) is 0 Å². The number of hydrogen-bond donors (Lipinski definition) is 0. The summed E-state index contributed by atoms with van der Waals surface area (Å²) >= 11 is 7.60. The first kappa shape index (κ1) is 12.3. The summed E-state index contributed by atoms with van der Waals surface area (Å²) in [7, 11) is -0.684. The molecule has 0 radical (unpaired) electrons. The monoisotopic (exact) mass is 301 g/mol. The lowest BCUT2D eigenvalue weighted by Gasteiger charge is -2.27. The first-order valence-corrected chi connectivity index (χ1v) is 8.35. The van der Waals surface area contributed by atoms with E-state index in [4.69, 9.17) is 11.6 Å². The van der Waals surface area contributed by atoms with Gasteiger partial charge in [0.05, 0.1) is 5.39 Å². The summed E-state index contributed by atoms with van der Waals surface area (Å²) in [5.74, 6) is 2.28. The Morgan fingerprint density at radius 3 is 2.83 bits per heavy atom. The second kappa shape index (κ2) is 4.75. The number of fused-ring (bicyclic) bond motifs is 1. The molecule has 0 aliphatic carbocycles. The highest BCUT2D eigenvalue weighted by atomic mass is 35.5. The Hall–Kier alpha value is -0.720. The number of hydrogen-bond acceptors (Lipinski definition) is 5. The molecule has 96 valence electrons. The summed E-state index contributed by atoms with van der Waals surface area (Å²) in [5, 5.41) is 1.33. The van der Waals surface area contributed by atoms with Gasteiger partial charge >= 0.3 is 0 Å². The van der Waals surface area contributed by atoms with E-state index in [9.17, 15) is 4.21 Å². The Morgan fingerprint density at radius 1 is 1.39 bits per heavy atom. The van der Waals surface area contributed by atoms with E-state index in [1.54, 1.807) is 11.3 Å². The smallest absolute Gasteiger partial charge is 0.225 e. The summed E-state index contributed by atoms with van der Waals surface area (Å²) in [4.78, 5) is 12.9. The van der Waals surface area contributed by atoms with E-state index in [1.165, 1.54) is 4.88 Å². The lowest BCUT2D eigenvalue weighted by molar-refractivity contribution is 0.672. The molecule has 2 aromatic rings. The largest absolute Gasteiger partial charge is 0.354 e. The highest BCUT2D eigenvalue weighted by molar-refractivity contribution is 7.85. The maximum absolute atomic E-state index is 11.4. The van der Waals surface area contributed by atoms with Crippen LogP contribution in [-0.2, 0) is 10.8 Å². The number of rotatable bonds is 1. The van der Waals surface area contributed by atoms with Crippen molar-refractivity contribution >= 4 is 49.8 Å². The van der Waals surface area contributed by atoms with Crippen LogP contribution >= 0.6 is 22.9 Å². The lowest BCUT2D eigenvalue weighted by Crippen LogP contribution is -2.38. The number of anilines is 1. The van der Waals surface area contributed by atoms with E-state index in [0.29, 0.717) is 11.5 Å². The van der Waals surface area contributed by atoms with Gasteiger partial charge in [-0.25, -0.2) is 4.98 Å². The van der Waals surface area contributed by atoms with Crippen LogP contribution in [0.3, 0.4) is 0 Å². The Morgan fingerprint density at radius 2 is 2.11 bits per heavy atom. The molecule has 0 bridgehead atoms. The molecule has 0 unspecified atom stereocenters. The van der Waals surface area contributed by atoms with Crippen molar-refractivity contribution in [3.63, 3.8) is 0 Å². The van der Waals surface area contributed by atoms with Crippen LogP contribution < -0.4 is 4.90 Å². The third-order valence-corrected chi connectivity index (χ3v) is 5.34. The molecule has 0 atom stereocenters. The third kappa shape index (κ3) is 2.24. The zero-order valence-corrected chi connectivity index (χ0v) is 12.2. The molecule has 1 fully saturated rings. The standard InChI is InChI=1S/C11H12ClN3OS2/c1-7-6-8-9(13-11(12)14-10(8)17-7)15-2-4-18(16)5-3-15/h6H,2-5H2,1H3. The van der Waals surface area contributed by atoms with E-state index < -0.39 is 10.8 Å². The van der Waals surface area contributed by atoms with Gasteiger partial charge in [0.2, 0.25) is 5.28 Å². The fourth-order valence-corrected chi connectivity index (χ4v) is 4.23. The second-order valence-electron chi connectivity index (χ2n) is 4.23. The molecule has 3 rings (SSSR count). The highest BCUT2D eigenvalue weighted by Crippen LogP contribution is 2.32. The van der Waals surface area contributed by atoms with Gasteiger partial charge in [-0.3, -0.25) is 4.21 Å². The van der Waals surface area contributed by atoms with Gasteiger partial charge in [-0.15, -0.1) is 11.3 Å². The summed E-state index contributed by atoms with van der Waals surface area (Å²) < 4.78 is 11.4. The molecule has 0 amide bonds. The van der Waals surface area contributed by atoms with Gasteiger partial charge in [0.25, 0.3) is 0 Å². The summed E-state index contributed by atoms with van der Waals surface area (Å²) in [6, 6.07) is 2.09. The average Bonchev–Trinajstić information content (AvgIpc) is 2.69. The van der Waals surface area contributed by atoms with Crippen LogP contribution in [0, 0.1) is 6.92 Å². The van der Waals surface area contributed by atoms with Gasteiger partial charge in [0.1, 0.15) is 10.6 Å². The van der Waals surface area contributed by atoms with Crippen LogP contribution in [0.1, 0.15) is 4.88 Å². The Kier molecular flexibility index (Phi) is 3.25. The molecule has 2 aromatic heterocycles. The SMILES string of the molecule is Cc1cc2c(N3CCS(=O)CC3)nc(Cl)nc2s1. The van der Waals surface area contributed by atoms with Crippen molar-refractivity contribution in [3.8, 4) is 0 Å². The molecule has 1 aliphatic rings. The zero-order valence-electron chi connectivity index (χ0n) is 9.85. The van der Waals surface area contributed by atoms with Crippen molar-refractivity contribution in [1.29, 1.82) is 0 Å². The molecule has 3 heterocycles. The van der Waals surface area contributed by atoms with Gasteiger partial charge in [0, 0.05) is 40.3 Å². The van der Waals surface area contributed by atoms with Crippen LogP contribution in [0.4, 0.5) is 5.82 Å². The molecule has 7 heteroatoms. The molecule has 0 saturated carbocycles. The van der Waals surface area contributed by atoms with E-state index >= 15 is 0 Å². The zero-order chi connectivity index (χ0) is 12.7. The van der Waals surface area contributed by atoms with Crippen LogP contribution in [-0.4, -0.2) is 38.8 Å². The fraction of sp³-hybridized carbons (Fsp3) is 0.455. The molecule has 0 N–H and O–H groups in total. The van der Waals surface area contributed by atoms with Gasteiger partial charge in [-0.1, -0.05) is 0 Å². The Bertz CT molecular complexity index is 618. The maximum Gasteiger partial charge on any atom is 0.225 e. The number of thiophene rings is 1. The van der Waals surface area contributed by atoms with Crippen molar-refractivity contribution in [2.45, 2.75) is 6.92 Å². The van der Waals surface area contributed by atoms with Crippen molar-refractivity contribution in [1.82, 2.24) is 9.97 Å². The first-order chi connectivity index (χ1) is 8.63. The summed E-state index contributed by atoms with van der Waals surface area (Å²) in [6.07, 6.45) is 0. The minimum Gasteiger partial charge on any atom is -0.354 e. The van der Waals surface area contributed by atoms with Crippen LogP contribution in [0.2, 0.25) is 5.28 Å². The fourth-order valence-electron chi connectivity index (χ4n) is 2.09. The molecule has 18 heavy (non-hydrogen) atoms. The normalized spacial score (nSPS) is 17.6. The first-order valence-electron chi connectivity index (χ1n) is 5.67. The minimum absolute atomic E-state index is 0.283. The maximum atomic E-state index is 11.4. The molecule has 0 aromatic carbocycles. The van der Waals surface area contributed by atoms with Crippen molar-refractivity contribution in [2.75, 3.05) is 29.5 Å². The van der Waals surface area contributed by atoms with E-state index in [0.717, 1.165) is 29.1 Å². The summed E-state index contributed by atoms with van der Waals surface area (Å²) in [6.45, 7) is 3.59. The van der Waals surface area contributed by atoms with Crippen LogP contribution in [0.25, 0.3) is 10.2 Å². The van der Waals surface area contributed by atoms with Crippen LogP contribution in [0.5, 0.6) is 0 Å². The molecule has 4 nitrogen and oxygen atoms in total. The molecular formula is C11H12ClN3OS2. The van der Waals surface area contributed by atoms with Crippen molar-refractivity contribution < 1.29 is 4.21 Å². The average molecular weight is 302 g/mol. The second-order valence-corrected chi connectivity index (χ2v) is 7.50. The quantitative estimate of drug-likeness (QED) is 0.758. The van der Waals surface area contributed by atoms with E-state index in [2.05, 4.69) is 27.9 Å². The van der Waals surface area contributed by atoms with E-state index in [-0.39, 0.29) is 5.28 Å². The Balaban J connectivity index is 2.07. The van der Waals surface area contributed by atoms with E-state index in [1.807, 2.05) is 0 Å². The third-order valence-electron chi connectivity index (χ3n) is 2.95. The predicted octanol–water partition coefficient (Wildman–Crippen LogP) is 2.22. The van der Waals surface area contributed by atoms with Gasteiger partial charge in [-0.2, -0.15) is 4.98 Å². The lowest BCUT2D eigenvalue weighted by atomic mass is 10.3. The number of nitrogens with zero attached hydrogens (tertiary/aromatic N) is 3. The number of aromatic nitrogens is 2. The summed E-state index contributed by atoms with van der Waals surface area (Å²) in [5.41, 5.74) is 0. The Labute approximate surface area is 116 Å². The molecule has 0 spiro atoms. The molecular weight excluding hydrogens is 290 g/mol. The minimum atomic E-state index is -0.684. The van der Waals surface area contributed by atoms with Crippen LogP contribution in [0.15, 0.2) is 6.07 Å². The topological polar surface area (TPSA) is 46.1 Å². The van der Waals surface area contributed by atoms with Gasteiger partial charge in [-0.05, 0) is 24.6 Å². The highest BCUT2D eigenvalue weighted by Gasteiger charge is 2.20.